The third-order valence-electron chi connectivity index (χ3n) is 5.76. The van der Waals surface area contributed by atoms with Crippen LogP contribution in [-0.2, 0) is 30.4 Å². The van der Waals surface area contributed by atoms with Crippen molar-refractivity contribution in [3.63, 3.8) is 0 Å². The maximum atomic E-state index is 13.0. The molecule has 13 heteroatoms. The van der Waals surface area contributed by atoms with Crippen LogP contribution >= 0.6 is 11.8 Å². The Morgan fingerprint density at radius 2 is 1.51 bits per heavy atom. The van der Waals surface area contributed by atoms with Crippen molar-refractivity contribution in [3.05, 3.63) is 29.8 Å². The average molecular weight is 541 g/mol. The standard InChI is InChI=1S/C24H36N4O8S/c1-4-13(2)20(24(35)36)28-22(33)17(9-10-37-3)26-23(34)18(12-19(30)31)27-21(32)16(25)11-14-5-7-15(29)8-6-14/h5-8,13,16-18,20,29H,4,9-12,25H2,1-3H3,(H,26,34)(H,27,32)(H,28,33)(H,30,31)(H,35,36). The van der Waals surface area contributed by atoms with E-state index < -0.39 is 60.2 Å². The van der Waals surface area contributed by atoms with Gasteiger partial charge in [0.2, 0.25) is 17.7 Å². The van der Waals surface area contributed by atoms with Crippen molar-refractivity contribution in [2.24, 2.45) is 11.7 Å². The largest absolute Gasteiger partial charge is 0.508 e. The maximum Gasteiger partial charge on any atom is 0.326 e. The van der Waals surface area contributed by atoms with Crippen molar-refractivity contribution in [3.8, 4) is 5.75 Å². The van der Waals surface area contributed by atoms with E-state index in [0.29, 0.717) is 17.7 Å². The normalized spacial score (nSPS) is 14.9. The van der Waals surface area contributed by atoms with E-state index in [-0.39, 0.29) is 24.5 Å². The number of amides is 3. The van der Waals surface area contributed by atoms with Crippen LogP contribution in [0.25, 0.3) is 0 Å². The number of nitrogens with one attached hydrogen (secondary N) is 3. The molecule has 206 valence electrons. The summed E-state index contributed by atoms with van der Waals surface area (Å²) in [6.07, 6.45) is 1.75. The Labute approximate surface area is 219 Å². The first kappa shape index (κ1) is 31.7. The first-order valence-corrected chi connectivity index (χ1v) is 13.2. The zero-order chi connectivity index (χ0) is 28.1. The quantitative estimate of drug-likeness (QED) is 0.150. The number of carbonyl (C=O) groups excluding carboxylic acids is 3. The Bertz CT molecular complexity index is 943. The molecule has 12 nitrogen and oxygen atoms in total. The van der Waals surface area contributed by atoms with Crippen LogP contribution in [0, 0.1) is 5.92 Å². The fraction of sp³-hybridized carbons (Fsp3) is 0.542. The third-order valence-corrected chi connectivity index (χ3v) is 6.40. The number of phenols is 1. The second-order valence-electron chi connectivity index (χ2n) is 8.69. The van der Waals surface area contributed by atoms with Gasteiger partial charge in [0, 0.05) is 0 Å². The molecule has 5 unspecified atom stereocenters. The SMILES string of the molecule is CCC(C)C(NC(=O)C(CCSC)NC(=O)C(CC(=O)O)NC(=O)C(N)Cc1ccc(O)cc1)C(=O)O. The molecule has 0 bridgehead atoms. The van der Waals surface area contributed by atoms with E-state index in [9.17, 15) is 39.3 Å². The van der Waals surface area contributed by atoms with E-state index >= 15 is 0 Å². The number of aromatic hydroxyl groups is 1. The van der Waals surface area contributed by atoms with Crippen LogP contribution in [0.1, 0.15) is 38.7 Å². The van der Waals surface area contributed by atoms with Gasteiger partial charge in [-0.1, -0.05) is 32.4 Å². The lowest BCUT2D eigenvalue weighted by molar-refractivity contribution is -0.144. The number of hydrogen-bond acceptors (Lipinski definition) is 8. The molecule has 0 spiro atoms. The van der Waals surface area contributed by atoms with Crippen LogP contribution in [0.3, 0.4) is 0 Å². The second-order valence-corrected chi connectivity index (χ2v) is 9.67. The number of phenolic OH excluding ortho intramolecular Hbond substituents is 1. The molecule has 0 saturated heterocycles. The first-order valence-electron chi connectivity index (χ1n) is 11.8. The highest BCUT2D eigenvalue weighted by molar-refractivity contribution is 7.98. The summed E-state index contributed by atoms with van der Waals surface area (Å²) in [4.78, 5) is 61.5. The van der Waals surface area contributed by atoms with Crippen LogP contribution in [-0.4, -0.2) is 81.2 Å². The molecule has 1 aromatic carbocycles. The first-order chi connectivity index (χ1) is 17.4. The van der Waals surface area contributed by atoms with Crippen LogP contribution in [0.4, 0.5) is 0 Å². The fourth-order valence-electron chi connectivity index (χ4n) is 3.36. The predicted octanol–water partition coefficient (Wildman–Crippen LogP) is 0.0749. The van der Waals surface area contributed by atoms with Gasteiger partial charge in [0.05, 0.1) is 12.5 Å². The highest BCUT2D eigenvalue weighted by atomic mass is 32.2. The van der Waals surface area contributed by atoms with Gasteiger partial charge < -0.3 is 37.0 Å². The van der Waals surface area contributed by atoms with E-state index in [1.54, 1.807) is 32.2 Å². The number of carbonyl (C=O) groups is 5. The Hall–Kier alpha value is -3.32. The summed E-state index contributed by atoms with van der Waals surface area (Å²) in [6, 6.07) is 1.04. The molecule has 0 saturated carbocycles. The Morgan fingerprint density at radius 1 is 0.946 bits per heavy atom. The molecular weight excluding hydrogens is 504 g/mol. The monoisotopic (exact) mass is 540 g/mol. The van der Waals surface area contributed by atoms with Gasteiger partial charge in [-0.05, 0) is 48.5 Å². The summed E-state index contributed by atoms with van der Waals surface area (Å²) >= 11 is 1.40. The number of benzene rings is 1. The second kappa shape index (κ2) is 15.7. The highest BCUT2D eigenvalue weighted by Gasteiger charge is 2.32. The Balaban J connectivity index is 2.97. The zero-order valence-corrected chi connectivity index (χ0v) is 21.9. The Kier molecular flexibility index (Phi) is 13.5. The van der Waals surface area contributed by atoms with Crippen LogP contribution in [0.15, 0.2) is 24.3 Å². The van der Waals surface area contributed by atoms with Crippen molar-refractivity contribution in [1.82, 2.24) is 16.0 Å². The van der Waals surface area contributed by atoms with Gasteiger partial charge in [-0.3, -0.25) is 19.2 Å². The summed E-state index contributed by atoms with van der Waals surface area (Å²) in [5.41, 5.74) is 6.57. The number of rotatable bonds is 16. The molecule has 1 aromatic rings. The minimum atomic E-state index is -1.52. The average Bonchev–Trinajstić information content (AvgIpc) is 2.84. The smallest absolute Gasteiger partial charge is 0.326 e. The summed E-state index contributed by atoms with van der Waals surface area (Å²) in [5.74, 6) is -4.86. The van der Waals surface area contributed by atoms with Gasteiger partial charge in [-0.15, -0.1) is 0 Å². The number of nitrogens with two attached hydrogens (primary N) is 1. The number of carboxylic acid groups (broad SMARTS) is 2. The van der Waals surface area contributed by atoms with Crippen molar-refractivity contribution in [2.75, 3.05) is 12.0 Å². The third kappa shape index (κ3) is 11.1. The highest BCUT2D eigenvalue weighted by Crippen LogP contribution is 2.12. The van der Waals surface area contributed by atoms with Gasteiger partial charge in [-0.25, -0.2) is 4.79 Å². The molecule has 0 heterocycles. The lowest BCUT2D eigenvalue weighted by atomic mass is 9.98. The van der Waals surface area contributed by atoms with Crippen molar-refractivity contribution in [1.29, 1.82) is 0 Å². The van der Waals surface area contributed by atoms with E-state index in [0.717, 1.165) is 0 Å². The molecular formula is C24H36N4O8S. The molecule has 0 aromatic heterocycles. The summed E-state index contributed by atoms with van der Waals surface area (Å²) in [7, 11) is 0. The molecule has 5 atom stereocenters. The fourth-order valence-corrected chi connectivity index (χ4v) is 3.83. The van der Waals surface area contributed by atoms with Crippen molar-refractivity contribution >= 4 is 41.4 Å². The minimum absolute atomic E-state index is 0.0406. The topological polar surface area (TPSA) is 208 Å². The lowest BCUT2D eigenvalue weighted by Crippen LogP contribution is -2.58. The van der Waals surface area contributed by atoms with Crippen LogP contribution < -0.4 is 21.7 Å². The molecule has 0 aliphatic carbocycles. The molecule has 0 aliphatic heterocycles. The lowest BCUT2D eigenvalue weighted by Gasteiger charge is -2.26. The number of aliphatic carboxylic acids is 2. The molecule has 0 fully saturated rings. The van der Waals surface area contributed by atoms with Gasteiger partial charge in [-0.2, -0.15) is 11.8 Å². The van der Waals surface area contributed by atoms with Gasteiger partial charge in [0.25, 0.3) is 0 Å². The van der Waals surface area contributed by atoms with Crippen LogP contribution in [0.5, 0.6) is 5.75 Å². The van der Waals surface area contributed by atoms with Gasteiger partial charge in [0.1, 0.15) is 23.9 Å². The Morgan fingerprint density at radius 3 is 2.03 bits per heavy atom. The molecule has 8 N–H and O–H groups in total. The van der Waals surface area contributed by atoms with Gasteiger partial charge >= 0.3 is 11.9 Å². The molecule has 1 rings (SSSR count). The van der Waals surface area contributed by atoms with Crippen LogP contribution in [0.2, 0.25) is 0 Å². The number of hydrogen-bond donors (Lipinski definition) is 7. The molecule has 0 aliphatic rings. The van der Waals surface area contributed by atoms with Crippen molar-refractivity contribution < 1.29 is 39.3 Å². The minimum Gasteiger partial charge on any atom is -0.508 e. The van der Waals surface area contributed by atoms with Gasteiger partial charge in [0.15, 0.2) is 0 Å². The summed E-state index contributed by atoms with van der Waals surface area (Å²) < 4.78 is 0. The van der Waals surface area contributed by atoms with E-state index in [2.05, 4.69) is 16.0 Å². The molecule has 0 radical (unpaired) electrons. The van der Waals surface area contributed by atoms with E-state index in [4.69, 9.17) is 5.73 Å². The van der Waals surface area contributed by atoms with E-state index in [1.165, 1.54) is 23.9 Å². The van der Waals surface area contributed by atoms with Crippen molar-refractivity contribution in [2.45, 2.75) is 63.7 Å². The summed E-state index contributed by atoms with van der Waals surface area (Å²) in [6.45, 7) is 3.46. The number of thioether (sulfide) groups is 1. The summed E-state index contributed by atoms with van der Waals surface area (Å²) in [5, 5.41) is 35.3. The molecule has 3 amide bonds. The number of carboxylic acids is 2. The maximum absolute atomic E-state index is 13.0. The molecule has 37 heavy (non-hydrogen) atoms. The predicted molar refractivity (Wildman–Crippen MR) is 138 cm³/mol. The van der Waals surface area contributed by atoms with E-state index in [1.807, 2.05) is 0 Å². The zero-order valence-electron chi connectivity index (χ0n) is 21.1.